The molecule has 2 aliphatic rings. The van der Waals surface area contributed by atoms with Crippen LogP contribution < -0.4 is 5.32 Å². The molecule has 0 radical (unpaired) electrons. The van der Waals surface area contributed by atoms with Gasteiger partial charge >= 0.3 is 0 Å². The minimum atomic E-state index is -0.487. The molecule has 2 amide bonds. The molecule has 1 N–H and O–H groups in total. The molecule has 0 aromatic heterocycles. The van der Waals surface area contributed by atoms with Gasteiger partial charge < -0.3 is 9.80 Å². The highest BCUT2D eigenvalue weighted by Gasteiger charge is 2.51. The Morgan fingerprint density at radius 3 is 2.54 bits per heavy atom. The highest BCUT2D eigenvalue weighted by atomic mass is 19.1. The maximum atomic E-state index is 13.9. The largest absolute Gasteiger partial charge is 0.338 e. The molecule has 5 nitrogen and oxygen atoms in total. The molecule has 2 aliphatic heterocycles. The zero-order chi connectivity index (χ0) is 18.9. The lowest BCUT2D eigenvalue weighted by molar-refractivity contribution is -0.133. The van der Waals surface area contributed by atoms with Crippen molar-refractivity contribution in [3.05, 3.63) is 35.6 Å². The topological polar surface area (TPSA) is 52.7 Å². The van der Waals surface area contributed by atoms with Gasteiger partial charge in [-0.1, -0.05) is 26.0 Å². The summed E-state index contributed by atoms with van der Waals surface area (Å²) in [7, 11) is 0. The fourth-order valence-electron chi connectivity index (χ4n) is 4.25. The second kappa shape index (κ2) is 7.35. The fraction of sp³-hybridized carbons (Fsp3) is 0.600. The Hall–Kier alpha value is -1.95. The van der Waals surface area contributed by atoms with Crippen molar-refractivity contribution in [2.75, 3.05) is 19.6 Å². The molecule has 1 aromatic carbocycles. The van der Waals surface area contributed by atoms with E-state index in [9.17, 15) is 14.0 Å². The third-order valence-electron chi connectivity index (χ3n) is 5.53. The molecule has 2 saturated heterocycles. The van der Waals surface area contributed by atoms with Crippen LogP contribution in [-0.2, 0) is 4.79 Å². The molecule has 1 atom stereocenters. The van der Waals surface area contributed by atoms with Gasteiger partial charge in [-0.25, -0.2) is 4.39 Å². The highest BCUT2D eigenvalue weighted by molar-refractivity contribution is 5.94. The van der Waals surface area contributed by atoms with E-state index in [0.29, 0.717) is 38.4 Å². The molecule has 1 spiro atoms. The molecule has 0 aliphatic carbocycles. The number of nitrogens with zero attached hydrogens (tertiary/aromatic N) is 2. The molecule has 1 unspecified atom stereocenters. The Kier molecular flexibility index (Phi) is 5.32. The van der Waals surface area contributed by atoms with E-state index in [1.54, 1.807) is 17.0 Å². The summed E-state index contributed by atoms with van der Waals surface area (Å²) < 4.78 is 13.9. The summed E-state index contributed by atoms with van der Waals surface area (Å²) in [4.78, 5) is 29.0. The number of nitrogens with one attached hydrogen (secondary N) is 1. The zero-order valence-electron chi connectivity index (χ0n) is 15.8. The molecule has 26 heavy (non-hydrogen) atoms. The fourth-order valence-corrected chi connectivity index (χ4v) is 4.25. The monoisotopic (exact) mass is 361 g/mol. The van der Waals surface area contributed by atoms with Crippen LogP contribution in [0.1, 0.15) is 50.4 Å². The number of carbonyl (C=O) groups is 2. The van der Waals surface area contributed by atoms with Gasteiger partial charge in [-0.2, -0.15) is 0 Å². The summed E-state index contributed by atoms with van der Waals surface area (Å²) in [5.74, 6) is -0.161. The highest BCUT2D eigenvalue weighted by Crippen LogP contribution is 2.34. The van der Waals surface area contributed by atoms with Gasteiger partial charge in [-0.15, -0.1) is 0 Å². The number of hydrogen-bond acceptors (Lipinski definition) is 3. The predicted octanol–water partition coefficient (Wildman–Crippen LogP) is 2.62. The molecular weight excluding hydrogens is 333 g/mol. The first-order valence-corrected chi connectivity index (χ1v) is 9.51. The third kappa shape index (κ3) is 3.34. The SMILES string of the molecule is CCN1C(=O)C(CC(C)C)NC12CCN(C(=O)c1ccccc1F)CC2. The molecule has 6 heteroatoms. The van der Waals surface area contributed by atoms with Gasteiger partial charge in [-0.05, 0) is 31.4 Å². The minimum absolute atomic E-state index is 0.115. The molecule has 142 valence electrons. The van der Waals surface area contributed by atoms with Gasteiger partial charge in [0.25, 0.3) is 5.91 Å². The van der Waals surface area contributed by atoms with Crippen LogP contribution in [0.5, 0.6) is 0 Å². The van der Waals surface area contributed by atoms with Crippen molar-refractivity contribution < 1.29 is 14.0 Å². The van der Waals surface area contributed by atoms with E-state index >= 15 is 0 Å². The predicted molar refractivity (Wildman–Crippen MR) is 98.0 cm³/mol. The van der Waals surface area contributed by atoms with Crippen LogP contribution in [0.4, 0.5) is 4.39 Å². The van der Waals surface area contributed by atoms with Gasteiger partial charge in [0.2, 0.25) is 5.91 Å². The second-order valence-corrected chi connectivity index (χ2v) is 7.71. The first-order chi connectivity index (χ1) is 12.4. The van der Waals surface area contributed by atoms with Crippen LogP contribution in [0.15, 0.2) is 24.3 Å². The van der Waals surface area contributed by atoms with Crippen LogP contribution in [0.3, 0.4) is 0 Å². The van der Waals surface area contributed by atoms with Crippen molar-refractivity contribution in [3.63, 3.8) is 0 Å². The molecule has 0 saturated carbocycles. The number of carbonyl (C=O) groups excluding carboxylic acids is 2. The van der Waals surface area contributed by atoms with Crippen LogP contribution in [0.2, 0.25) is 0 Å². The van der Waals surface area contributed by atoms with E-state index in [2.05, 4.69) is 19.2 Å². The third-order valence-corrected chi connectivity index (χ3v) is 5.53. The zero-order valence-corrected chi connectivity index (χ0v) is 15.8. The average molecular weight is 361 g/mol. The lowest BCUT2D eigenvalue weighted by atomic mass is 9.95. The molecular formula is C20H28FN3O2. The van der Waals surface area contributed by atoms with Crippen LogP contribution in [-0.4, -0.2) is 53.0 Å². The van der Waals surface area contributed by atoms with Gasteiger partial charge in [0.1, 0.15) is 5.82 Å². The summed E-state index contributed by atoms with van der Waals surface area (Å²) in [6.07, 6.45) is 2.15. The number of piperidine rings is 1. The molecule has 2 heterocycles. The van der Waals surface area contributed by atoms with Gasteiger partial charge in [0.15, 0.2) is 0 Å². The van der Waals surface area contributed by atoms with Crippen LogP contribution >= 0.6 is 0 Å². The first kappa shape index (κ1) is 18.8. The maximum absolute atomic E-state index is 13.9. The van der Waals surface area contributed by atoms with Crippen molar-refractivity contribution in [3.8, 4) is 0 Å². The number of likely N-dealkylation sites (tertiary alicyclic amines) is 1. The molecule has 3 rings (SSSR count). The van der Waals surface area contributed by atoms with Gasteiger partial charge in [0, 0.05) is 32.5 Å². The summed E-state index contributed by atoms with van der Waals surface area (Å²) in [5.41, 5.74) is -0.263. The Morgan fingerprint density at radius 2 is 1.96 bits per heavy atom. The normalized spacial score (nSPS) is 22.5. The van der Waals surface area contributed by atoms with E-state index < -0.39 is 5.82 Å². The standard InChI is InChI=1S/C20H28FN3O2/c1-4-24-19(26)17(13-14(2)3)22-20(24)9-11-23(12-10-20)18(25)15-7-5-6-8-16(15)21/h5-8,14,17,22H,4,9-13H2,1-3H3. The average Bonchev–Trinajstić information content (AvgIpc) is 2.85. The van der Waals surface area contributed by atoms with Gasteiger partial charge in [0.05, 0.1) is 17.3 Å². The van der Waals surface area contributed by atoms with Crippen molar-refractivity contribution >= 4 is 11.8 Å². The van der Waals surface area contributed by atoms with E-state index in [1.165, 1.54) is 12.1 Å². The van der Waals surface area contributed by atoms with Crippen molar-refractivity contribution in [1.82, 2.24) is 15.1 Å². The number of benzene rings is 1. The lowest BCUT2D eigenvalue weighted by Gasteiger charge is -2.44. The summed E-state index contributed by atoms with van der Waals surface area (Å²) >= 11 is 0. The summed E-state index contributed by atoms with van der Waals surface area (Å²) in [6, 6.07) is 5.94. The number of halogens is 1. The van der Waals surface area contributed by atoms with Crippen LogP contribution in [0.25, 0.3) is 0 Å². The van der Waals surface area contributed by atoms with Crippen molar-refractivity contribution in [1.29, 1.82) is 0 Å². The number of hydrogen-bond donors (Lipinski definition) is 1. The minimum Gasteiger partial charge on any atom is -0.338 e. The molecule has 1 aromatic rings. The summed E-state index contributed by atoms with van der Waals surface area (Å²) in [5, 5.41) is 3.56. The Bertz CT molecular complexity index is 683. The quantitative estimate of drug-likeness (QED) is 0.897. The lowest BCUT2D eigenvalue weighted by Crippen LogP contribution is -2.59. The van der Waals surface area contributed by atoms with Crippen molar-refractivity contribution in [2.45, 2.75) is 51.7 Å². The first-order valence-electron chi connectivity index (χ1n) is 9.51. The second-order valence-electron chi connectivity index (χ2n) is 7.71. The van der Waals surface area contributed by atoms with Crippen LogP contribution in [0, 0.1) is 11.7 Å². The Morgan fingerprint density at radius 1 is 1.31 bits per heavy atom. The van der Waals surface area contributed by atoms with Gasteiger partial charge in [-0.3, -0.25) is 14.9 Å². The summed E-state index contributed by atoms with van der Waals surface area (Å²) in [6.45, 7) is 7.91. The van der Waals surface area contributed by atoms with E-state index in [4.69, 9.17) is 0 Å². The molecule has 2 fully saturated rings. The van der Waals surface area contributed by atoms with E-state index in [0.717, 1.165) is 6.42 Å². The molecule has 0 bridgehead atoms. The van der Waals surface area contributed by atoms with Crippen molar-refractivity contribution in [2.24, 2.45) is 5.92 Å². The Labute approximate surface area is 154 Å². The smallest absolute Gasteiger partial charge is 0.256 e. The van der Waals surface area contributed by atoms with E-state index in [1.807, 2.05) is 11.8 Å². The number of likely N-dealkylation sites (N-methyl/N-ethyl adjacent to an activating group) is 1. The number of amides is 2. The number of rotatable bonds is 4. The maximum Gasteiger partial charge on any atom is 0.256 e. The Balaban J connectivity index is 1.71. The van der Waals surface area contributed by atoms with E-state index in [-0.39, 0.29) is 29.1 Å².